The van der Waals surface area contributed by atoms with Gasteiger partial charge in [0.05, 0.1) is 0 Å². The van der Waals surface area contributed by atoms with E-state index in [1.54, 1.807) is 0 Å². The first kappa shape index (κ1) is 26.1. The van der Waals surface area contributed by atoms with Gasteiger partial charge >= 0.3 is 26.2 Å². The third-order valence-electron chi connectivity index (χ3n) is 4.72. The van der Waals surface area contributed by atoms with Crippen molar-refractivity contribution in [3.8, 4) is 0 Å². The zero-order chi connectivity index (χ0) is 23.2. The highest BCUT2D eigenvalue weighted by atomic mass is 28.5. The Kier molecular flexibility index (Phi) is 8.93. The lowest BCUT2D eigenvalue weighted by Crippen LogP contribution is -2.73. The molecule has 0 atom stereocenters. The molecule has 2 aromatic carbocycles. The zero-order valence-corrected chi connectivity index (χ0v) is 23.5. The smallest absolute Gasteiger partial charge is 0.433 e. The molecule has 2 rings (SSSR count). The van der Waals surface area contributed by atoms with Crippen molar-refractivity contribution in [1.29, 1.82) is 0 Å². The van der Waals surface area contributed by atoms with Crippen LogP contribution in [0.5, 0.6) is 0 Å². The average Bonchev–Trinajstić information content (AvgIpc) is 2.77. The zero-order valence-electron chi connectivity index (χ0n) is 19.5. The third kappa shape index (κ3) is 6.42. The summed E-state index contributed by atoms with van der Waals surface area (Å²) in [6, 6.07) is 19.9. The fourth-order valence-corrected chi connectivity index (χ4v) is 19.0. The standard InChI is InChI=1S/C21H34O6Si4/c1-9-28(5,6)25-29(7,8)26-30(20-16-12-10-13-17-20,21-18-14-11-15-19-21)27-31(22-2,23-3)24-4/h9-19H,1H2,2-8H3. The Hall–Kier alpha value is -1.19. The van der Waals surface area contributed by atoms with Crippen LogP contribution in [-0.2, 0) is 25.6 Å². The number of hydrogen-bond donors (Lipinski definition) is 0. The van der Waals surface area contributed by atoms with Crippen LogP contribution in [0.4, 0.5) is 0 Å². The molecule has 31 heavy (non-hydrogen) atoms. The van der Waals surface area contributed by atoms with E-state index in [4.69, 9.17) is 25.6 Å². The minimum atomic E-state index is -3.49. The molecule has 0 aliphatic rings. The Morgan fingerprint density at radius 3 is 1.42 bits per heavy atom. The summed E-state index contributed by atoms with van der Waals surface area (Å²) < 4.78 is 37.3. The van der Waals surface area contributed by atoms with Crippen molar-refractivity contribution in [3.05, 3.63) is 72.9 Å². The topological polar surface area (TPSA) is 55.4 Å². The van der Waals surface area contributed by atoms with E-state index in [2.05, 4.69) is 19.7 Å². The number of rotatable bonds is 12. The van der Waals surface area contributed by atoms with Gasteiger partial charge in [0.1, 0.15) is 0 Å². The molecule has 2 aromatic rings. The predicted molar refractivity (Wildman–Crippen MR) is 133 cm³/mol. The summed E-state index contributed by atoms with van der Waals surface area (Å²) in [7, 11) is -7.12. The molecule has 0 bridgehead atoms. The van der Waals surface area contributed by atoms with Crippen LogP contribution in [0.15, 0.2) is 72.9 Å². The van der Waals surface area contributed by atoms with Gasteiger partial charge < -0.3 is 25.6 Å². The first-order chi connectivity index (χ1) is 14.6. The van der Waals surface area contributed by atoms with E-state index in [1.165, 1.54) is 21.3 Å². The molecule has 0 radical (unpaired) electrons. The molecule has 0 heterocycles. The van der Waals surface area contributed by atoms with E-state index < -0.39 is 34.5 Å². The molecule has 0 unspecified atom stereocenters. The van der Waals surface area contributed by atoms with Crippen LogP contribution in [0.2, 0.25) is 26.2 Å². The van der Waals surface area contributed by atoms with Gasteiger partial charge in [0.2, 0.25) is 0 Å². The lowest BCUT2D eigenvalue weighted by molar-refractivity contribution is 0.0425. The fraction of sp³-hybridized carbons (Fsp3) is 0.333. The van der Waals surface area contributed by atoms with Crippen LogP contribution >= 0.6 is 0 Å². The van der Waals surface area contributed by atoms with Gasteiger partial charge in [0, 0.05) is 21.3 Å². The average molecular weight is 495 g/mol. The fourth-order valence-electron chi connectivity index (χ4n) is 3.33. The van der Waals surface area contributed by atoms with Crippen LogP contribution in [-0.4, -0.2) is 55.8 Å². The van der Waals surface area contributed by atoms with Gasteiger partial charge in [0.25, 0.3) is 0 Å². The van der Waals surface area contributed by atoms with Crippen molar-refractivity contribution in [2.45, 2.75) is 26.2 Å². The minimum absolute atomic E-state index is 0.923. The highest BCUT2D eigenvalue weighted by molar-refractivity contribution is 7.01. The molecule has 0 amide bonds. The monoisotopic (exact) mass is 494 g/mol. The van der Waals surface area contributed by atoms with Crippen LogP contribution in [0.25, 0.3) is 0 Å². The SMILES string of the molecule is C=C[Si](C)(C)O[Si](C)(C)O[Si](O[Si](OC)(OC)OC)(c1ccccc1)c1ccccc1. The first-order valence-corrected chi connectivity index (χ1v) is 19.3. The third-order valence-corrected chi connectivity index (χ3v) is 18.7. The molecule has 0 saturated heterocycles. The lowest BCUT2D eigenvalue weighted by Gasteiger charge is -2.42. The predicted octanol–water partition coefficient (Wildman–Crippen LogP) is 3.30. The summed E-state index contributed by atoms with van der Waals surface area (Å²) in [5.74, 6) is 0. The van der Waals surface area contributed by atoms with Crippen molar-refractivity contribution in [3.63, 3.8) is 0 Å². The van der Waals surface area contributed by atoms with Gasteiger partial charge in [-0.1, -0.05) is 66.4 Å². The maximum atomic E-state index is 7.01. The van der Waals surface area contributed by atoms with Crippen molar-refractivity contribution >= 4 is 44.9 Å². The Labute approximate surface area is 190 Å². The summed E-state index contributed by atoms with van der Waals surface area (Å²) in [5, 5.41) is 1.85. The van der Waals surface area contributed by atoms with Gasteiger partial charge in [-0.15, -0.1) is 6.58 Å². The second-order valence-corrected chi connectivity index (χ2v) is 21.5. The van der Waals surface area contributed by atoms with Crippen molar-refractivity contribution in [2.75, 3.05) is 21.3 Å². The number of benzene rings is 2. The summed E-state index contributed by atoms with van der Waals surface area (Å²) in [5.41, 5.74) is 1.92. The van der Waals surface area contributed by atoms with E-state index in [0.29, 0.717) is 0 Å². The second-order valence-electron chi connectivity index (χ2n) is 7.97. The molecule has 0 aromatic heterocycles. The molecule has 170 valence electrons. The van der Waals surface area contributed by atoms with Gasteiger partial charge in [0.15, 0.2) is 8.32 Å². The second kappa shape index (κ2) is 10.6. The summed E-state index contributed by atoms with van der Waals surface area (Å²) in [6.07, 6.45) is 0. The minimum Gasteiger partial charge on any atom is -0.433 e. The van der Waals surface area contributed by atoms with Gasteiger partial charge in [-0.2, -0.15) is 0 Å². The lowest BCUT2D eigenvalue weighted by atomic mass is 10.4. The van der Waals surface area contributed by atoms with Gasteiger partial charge in [-0.3, -0.25) is 0 Å². The van der Waals surface area contributed by atoms with Crippen molar-refractivity contribution < 1.29 is 25.6 Å². The van der Waals surface area contributed by atoms with Crippen molar-refractivity contribution in [2.24, 2.45) is 0 Å². The molecule has 6 nitrogen and oxygen atoms in total. The quantitative estimate of drug-likeness (QED) is 0.422. The molecule has 0 aliphatic carbocycles. The van der Waals surface area contributed by atoms with Crippen LogP contribution < -0.4 is 10.4 Å². The van der Waals surface area contributed by atoms with E-state index >= 15 is 0 Å². The molecule has 0 N–H and O–H groups in total. The molecule has 0 aliphatic heterocycles. The van der Waals surface area contributed by atoms with E-state index in [9.17, 15) is 0 Å². The molecule has 10 heteroatoms. The van der Waals surface area contributed by atoms with E-state index in [-0.39, 0.29) is 0 Å². The van der Waals surface area contributed by atoms with Crippen LogP contribution in [0.3, 0.4) is 0 Å². The Morgan fingerprint density at radius 1 is 0.645 bits per heavy atom. The van der Waals surface area contributed by atoms with Crippen molar-refractivity contribution in [1.82, 2.24) is 0 Å². The van der Waals surface area contributed by atoms with Gasteiger partial charge in [-0.25, -0.2) is 0 Å². The van der Waals surface area contributed by atoms with E-state index in [1.807, 2.05) is 79.5 Å². The highest BCUT2D eigenvalue weighted by Crippen LogP contribution is 2.25. The Morgan fingerprint density at radius 2 is 1.06 bits per heavy atom. The van der Waals surface area contributed by atoms with Crippen LogP contribution in [0, 0.1) is 0 Å². The summed E-state index contributed by atoms with van der Waals surface area (Å²) >= 11 is 0. The largest absolute Gasteiger partial charge is 0.670 e. The molecular weight excluding hydrogens is 461 g/mol. The molecule has 0 fully saturated rings. The molecular formula is C21H34O6Si4. The summed E-state index contributed by atoms with van der Waals surface area (Å²) in [4.78, 5) is 0. The Balaban J connectivity index is 2.73. The van der Waals surface area contributed by atoms with E-state index in [0.717, 1.165) is 10.4 Å². The summed E-state index contributed by atoms with van der Waals surface area (Å²) in [6.45, 7) is 12.2. The molecule has 0 saturated carbocycles. The normalized spacial score (nSPS) is 13.3. The maximum absolute atomic E-state index is 7.01. The Bertz CT molecular complexity index is 781. The maximum Gasteiger partial charge on any atom is 0.670 e. The first-order valence-electron chi connectivity index (χ1n) is 10.1. The molecule has 0 spiro atoms. The number of hydrogen-bond acceptors (Lipinski definition) is 6. The van der Waals surface area contributed by atoms with Gasteiger partial charge in [-0.05, 0) is 36.6 Å². The van der Waals surface area contributed by atoms with Crippen LogP contribution in [0.1, 0.15) is 0 Å². The highest BCUT2D eigenvalue weighted by Gasteiger charge is 2.58.